The molecule has 0 aliphatic heterocycles. The number of benzene rings is 1. The van der Waals surface area contributed by atoms with Crippen molar-refractivity contribution in [1.82, 2.24) is 0 Å². The van der Waals surface area contributed by atoms with Crippen LogP contribution in [-0.4, -0.2) is 13.1 Å². The van der Waals surface area contributed by atoms with Gasteiger partial charge in [-0.1, -0.05) is 29.7 Å². The summed E-state index contributed by atoms with van der Waals surface area (Å²) in [5, 5.41) is 0. The van der Waals surface area contributed by atoms with Crippen molar-refractivity contribution >= 4 is 12.4 Å². The number of ether oxygens (including phenoxy) is 1. The number of allylic oxidation sites excluding steroid dienone is 1. The second kappa shape index (κ2) is 4.86. The Morgan fingerprint density at radius 3 is 2.59 bits per heavy atom. The summed E-state index contributed by atoms with van der Waals surface area (Å²) in [7, 11) is 0. The molecule has 0 saturated heterocycles. The number of para-hydroxylation sites is 1. The Balaban J connectivity index is 2.20. The average Bonchev–Trinajstić information content (AvgIpc) is 2.30. The molecule has 0 aromatic heterocycles. The minimum absolute atomic E-state index is 0.0587. The van der Waals surface area contributed by atoms with E-state index >= 15 is 0 Å². The summed E-state index contributed by atoms with van der Waals surface area (Å²) in [5.74, 6) is -0.0587. The van der Waals surface area contributed by atoms with Crippen LogP contribution in [0.4, 0.5) is 12.9 Å². The summed E-state index contributed by atoms with van der Waals surface area (Å²) < 4.78 is 43.7. The van der Waals surface area contributed by atoms with Crippen LogP contribution in [0.3, 0.4) is 0 Å². The SMILES string of the molecule is F[B-](F)(F)c1ccccc1OC1C=CCCC1. The molecule has 0 spiro atoms. The number of rotatable bonds is 3. The zero-order chi connectivity index (χ0) is 12.3. The fourth-order valence-corrected chi connectivity index (χ4v) is 1.90. The Hall–Kier alpha value is -1.39. The zero-order valence-corrected chi connectivity index (χ0v) is 9.28. The molecule has 0 N–H and O–H groups in total. The summed E-state index contributed by atoms with van der Waals surface area (Å²) in [6, 6.07) is 5.40. The van der Waals surface area contributed by atoms with Gasteiger partial charge in [0, 0.05) is 0 Å². The summed E-state index contributed by atoms with van der Waals surface area (Å²) in [6.45, 7) is -5.02. The molecule has 0 heterocycles. The van der Waals surface area contributed by atoms with Crippen LogP contribution in [0, 0.1) is 0 Å². The van der Waals surface area contributed by atoms with Crippen LogP contribution in [0.15, 0.2) is 36.4 Å². The first-order chi connectivity index (χ1) is 8.07. The van der Waals surface area contributed by atoms with E-state index in [4.69, 9.17) is 4.74 Å². The van der Waals surface area contributed by atoms with E-state index in [1.54, 1.807) is 6.07 Å². The van der Waals surface area contributed by atoms with Crippen LogP contribution in [0.5, 0.6) is 5.75 Å². The molecule has 1 nitrogen and oxygen atoms in total. The topological polar surface area (TPSA) is 9.23 Å². The highest BCUT2D eigenvalue weighted by Gasteiger charge is 2.29. The highest BCUT2D eigenvalue weighted by molar-refractivity contribution is 6.74. The predicted molar refractivity (Wildman–Crippen MR) is 62.6 cm³/mol. The Morgan fingerprint density at radius 2 is 1.94 bits per heavy atom. The van der Waals surface area contributed by atoms with Gasteiger partial charge < -0.3 is 17.7 Å². The third-order valence-corrected chi connectivity index (χ3v) is 2.76. The van der Waals surface area contributed by atoms with E-state index in [1.165, 1.54) is 12.1 Å². The molecule has 5 heteroatoms. The van der Waals surface area contributed by atoms with E-state index in [1.807, 2.05) is 12.2 Å². The lowest BCUT2D eigenvalue weighted by Crippen LogP contribution is -2.36. The van der Waals surface area contributed by atoms with Gasteiger partial charge in [-0.05, 0) is 31.4 Å². The summed E-state index contributed by atoms with van der Waals surface area (Å²) >= 11 is 0. The molecule has 1 unspecified atom stereocenters. The first kappa shape index (κ1) is 12.1. The minimum atomic E-state index is -5.02. The zero-order valence-electron chi connectivity index (χ0n) is 9.28. The van der Waals surface area contributed by atoms with Crippen molar-refractivity contribution in [2.24, 2.45) is 0 Å². The maximum atomic E-state index is 12.8. The first-order valence-electron chi connectivity index (χ1n) is 5.69. The van der Waals surface area contributed by atoms with Gasteiger partial charge in [0.15, 0.2) is 0 Å². The molecule has 1 aromatic carbocycles. The molecule has 0 fully saturated rings. The predicted octanol–water partition coefficient (Wildman–Crippen LogP) is 3.23. The minimum Gasteiger partial charge on any atom is -0.489 e. The maximum Gasteiger partial charge on any atom is 0.513 e. The smallest absolute Gasteiger partial charge is 0.489 e. The van der Waals surface area contributed by atoms with Gasteiger partial charge >= 0.3 is 6.98 Å². The summed E-state index contributed by atoms with van der Waals surface area (Å²) in [5.41, 5.74) is -0.647. The fourth-order valence-electron chi connectivity index (χ4n) is 1.90. The van der Waals surface area contributed by atoms with Gasteiger partial charge in [0.05, 0.1) is 5.75 Å². The molecule has 0 radical (unpaired) electrons. The number of hydrogen-bond acceptors (Lipinski definition) is 1. The summed E-state index contributed by atoms with van der Waals surface area (Å²) in [4.78, 5) is 0. The highest BCUT2D eigenvalue weighted by atomic mass is 19.4. The molecule has 0 bridgehead atoms. The van der Waals surface area contributed by atoms with Crippen molar-refractivity contribution in [3.8, 4) is 5.75 Å². The second-order valence-electron chi connectivity index (χ2n) is 4.13. The van der Waals surface area contributed by atoms with Crippen LogP contribution in [0.2, 0.25) is 0 Å². The van der Waals surface area contributed by atoms with Gasteiger partial charge in [-0.15, -0.1) is 0 Å². The van der Waals surface area contributed by atoms with E-state index in [2.05, 4.69) is 0 Å². The Bertz CT molecular complexity index is 414. The molecule has 1 atom stereocenters. The molecule has 1 aliphatic rings. The molecule has 0 saturated carbocycles. The van der Waals surface area contributed by atoms with Gasteiger partial charge in [0.2, 0.25) is 0 Å². The maximum absolute atomic E-state index is 12.8. The van der Waals surface area contributed by atoms with Crippen molar-refractivity contribution in [2.45, 2.75) is 25.4 Å². The second-order valence-corrected chi connectivity index (χ2v) is 4.13. The van der Waals surface area contributed by atoms with Crippen molar-refractivity contribution in [3.05, 3.63) is 36.4 Å². The fraction of sp³-hybridized carbons (Fsp3) is 0.333. The van der Waals surface area contributed by atoms with Crippen molar-refractivity contribution in [2.75, 3.05) is 0 Å². The quantitative estimate of drug-likeness (QED) is 0.583. The largest absolute Gasteiger partial charge is 0.513 e. The van der Waals surface area contributed by atoms with Gasteiger partial charge in [0.25, 0.3) is 0 Å². The van der Waals surface area contributed by atoms with Gasteiger partial charge in [0.1, 0.15) is 6.10 Å². The Morgan fingerprint density at radius 1 is 1.18 bits per heavy atom. The average molecular weight is 241 g/mol. The molecule has 2 rings (SSSR count). The first-order valence-corrected chi connectivity index (χ1v) is 5.69. The molecular formula is C12H13BF3O-. The number of hydrogen-bond donors (Lipinski definition) is 0. The molecule has 1 aliphatic carbocycles. The normalized spacial score (nSPS) is 20.3. The standard InChI is InChI=1S/C12H13BF3O/c14-13(15,16)11-8-4-5-9-12(11)17-10-6-2-1-3-7-10/h2,4-6,8-10H,1,3,7H2/q-1. The van der Waals surface area contributed by atoms with Crippen molar-refractivity contribution < 1.29 is 17.7 Å². The lowest BCUT2D eigenvalue weighted by Gasteiger charge is -2.24. The van der Waals surface area contributed by atoms with Gasteiger partial charge in [-0.2, -0.15) is 0 Å². The highest BCUT2D eigenvalue weighted by Crippen LogP contribution is 2.21. The molecular weight excluding hydrogens is 228 g/mol. The van der Waals surface area contributed by atoms with E-state index in [0.29, 0.717) is 0 Å². The van der Waals surface area contributed by atoms with E-state index < -0.39 is 12.4 Å². The van der Waals surface area contributed by atoms with Crippen LogP contribution in [0.1, 0.15) is 19.3 Å². The lowest BCUT2D eigenvalue weighted by atomic mass is 9.79. The molecule has 0 amide bonds. The third-order valence-electron chi connectivity index (χ3n) is 2.76. The Labute approximate surface area is 98.3 Å². The van der Waals surface area contributed by atoms with Crippen LogP contribution in [0.25, 0.3) is 0 Å². The van der Waals surface area contributed by atoms with E-state index in [-0.39, 0.29) is 11.9 Å². The monoisotopic (exact) mass is 241 g/mol. The van der Waals surface area contributed by atoms with Crippen molar-refractivity contribution in [3.63, 3.8) is 0 Å². The van der Waals surface area contributed by atoms with Crippen molar-refractivity contribution in [1.29, 1.82) is 0 Å². The van der Waals surface area contributed by atoms with E-state index in [9.17, 15) is 12.9 Å². The Kier molecular flexibility index (Phi) is 3.45. The summed E-state index contributed by atoms with van der Waals surface area (Å²) in [6.07, 6.45) is 6.27. The van der Waals surface area contributed by atoms with Crippen LogP contribution in [-0.2, 0) is 0 Å². The third kappa shape index (κ3) is 3.05. The molecule has 17 heavy (non-hydrogen) atoms. The molecule has 1 aromatic rings. The lowest BCUT2D eigenvalue weighted by molar-refractivity contribution is 0.231. The van der Waals surface area contributed by atoms with Crippen LogP contribution < -0.4 is 10.2 Å². The van der Waals surface area contributed by atoms with Crippen LogP contribution >= 0.6 is 0 Å². The van der Waals surface area contributed by atoms with Gasteiger partial charge in [-0.3, -0.25) is 0 Å². The number of halogens is 3. The van der Waals surface area contributed by atoms with E-state index in [0.717, 1.165) is 25.3 Å². The van der Waals surface area contributed by atoms with Gasteiger partial charge in [-0.25, -0.2) is 0 Å². The molecule has 92 valence electrons.